The lowest BCUT2D eigenvalue weighted by atomic mass is 9.91. The normalized spacial score (nSPS) is 25.5. The van der Waals surface area contributed by atoms with E-state index in [4.69, 9.17) is 10.5 Å². The van der Waals surface area contributed by atoms with Crippen molar-refractivity contribution >= 4 is 5.91 Å². The van der Waals surface area contributed by atoms with E-state index >= 15 is 0 Å². The quantitative estimate of drug-likeness (QED) is 0.839. The number of likely N-dealkylation sites (tertiary alicyclic amines) is 1. The molecule has 0 bridgehead atoms. The number of carbonyl (C=O) groups is 1. The number of piperidine rings is 1. The Morgan fingerprint density at radius 3 is 3.10 bits per heavy atom. The fourth-order valence-corrected chi connectivity index (χ4v) is 3.40. The third-order valence-electron chi connectivity index (χ3n) is 4.54. The zero-order chi connectivity index (χ0) is 14.7. The Morgan fingerprint density at radius 1 is 1.38 bits per heavy atom. The van der Waals surface area contributed by atoms with Crippen molar-refractivity contribution in [3.05, 3.63) is 29.8 Å². The van der Waals surface area contributed by atoms with Crippen molar-refractivity contribution in [2.75, 3.05) is 26.2 Å². The van der Waals surface area contributed by atoms with Crippen molar-refractivity contribution < 1.29 is 9.53 Å². The summed E-state index contributed by atoms with van der Waals surface area (Å²) in [7, 11) is 0. The molecule has 0 aromatic heterocycles. The molecule has 2 atom stereocenters. The minimum atomic E-state index is 0.176. The van der Waals surface area contributed by atoms with Gasteiger partial charge in [0.15, 0.2) is 0 Å². The SMILES string of the molecule is NCc1ccccc1OCCN1CCCC2C(=O)NCC21. The molecule has 21 heavy (non-hydrogen) atoms. The zero-order valence-electron chi connectivity index (χ0n) is 12.3. The van der Waals surface area contributed by atoms with Gasteiger partial charge in [-0.25, -0.2) is 0 Å². The van der Waals surface area contributed by atoms with Crippen molar-refractivity contribution in [3.63, 3.8) is 0 Å². The van der Waals surface area contributed by atoms with Crippen LogP contribution in [0.25, 0.3) is 0 Å². The second kappa shape index (κ2) is 6.45. The molecule has 1 aromatic rings. The van der Waals surface area contributed by atoms with E-state index < -0.39 is 0 Å². The molecular formula is C16H23N3O2. The summed E-state index contributed by atoms with van der Waals surface area (Å²) in [4.78, 5) is 14.1. The van der Waals surface area contributed by atoms with Gasteiger partial charge < -0.3 is 15.8 Å². The molecule has 5 nitrogen and oxygen atoms in total. The van der Waals surface area contributed by atoms with E-state index in [-0.39, 0.29) is 11.8 Å². The minimum absolute atomic E-state index is 0.176. The number of hydrogen-bond donors (Lipinski definition) is 2. The number of para-hydroxylation sites is 1. The van der Waals surface area contributed by atoms with Gasteiger partial charge in [-0.05, 0) is 25.5 Å². The largest absolute Gasteiger partial charge is 0.492 e. The van der Waals surface area contributed by atoms with E-state index in [0.717, 1.165) is 43.8 Å². The first-order valence-corrected chi connectivity index (χ1v) is 7.72. The first kappa shape index (κ1) is 14.4. The summed E-state index contributed by atoms with van der Waals surface area (Å²) >= 11 is 0. The first-order valence-electron chi connectivity index (χ1n) is 7.72. The van der Waals surface area contributed by atoms with Crippen LogP contribution in [0.5, 0.6) is 5.75 Å². The molecule has 0 saturated carbocycles. The second-order valence-corrected chi connectivity index (χ2v) is 5.76. The van der Waals surface area contributed by atoms with Crippen LogP contribution in [-0.4, -0.2) is 43.1 Å². The second-order valence-electron chi connectivity index (χ2n) is 5.76. The molecule has 5 heteroatoms. The van der Waals surface area contributed by atoms with Crippen LogP contribution in [0.1, 0.15) is 18.4 Å². The Balaban J connectivity index is 1.54. The third-order valence-corrected chi connectivity index (χ3v) is 4.54. The molecule has 2 heterocycles. The molecule has 2 fully saturated rings. The number of benzene rings is 1. The van der Waals surface area contributed by atoms with Crippen LogP contribution in [-0.2, 0) is 11.3 Å². The molecule has 2 saturated heterocycles. The van der Waals surface area contributed by atoms with E-state index in [0.29, 0.717) is 19.2 Å². The highest BCUT2D eigenvalue weighted by Crippen LogP contribution is 2.27. The number of rotatable bonds is 5. The number of nitrogens with zero attached hydrogens (tertiary/aromatic N) is 1. The van der Waals surface area contributed by atoms with Crippen molar-refractivity contribution in [3.8, 4) is 5.75 Å². The number of ether oxygens (including phenoxy) is 1. The molecule has 2 aliphatic rings. The van der Waals surface area contributed by atoms with Crippen molar-refractivity contribution in [1.82, 2.24) is 10.2 Å². The number of hydrogen-bond acceptors (Lipinski definition) is 4. The number of carbonyl (C=O) groups excluding carboxylic acids is 1. The highest BCUT2D eigenvalue weighted by Gasteiger charge is 2.40. The van der Waals surface area contributed by atoms with E-state index in [9.17, 15) is 4.79 Å². The first-order chi connectivity index (χ1) is 10.3. The summed E-state index contributed by atoms with van der Waals surface area (Å²) in [5.74, 6) is 1.27. The van der Waals surface area contributed by atoms with E-state index in [1.807, 2.05) is 24.3 Å². The van der Waals surface area contributed by atoms with E-state index in [2.05, 4.69) is 10.2 Å². The zero-order valence-corrected chi connectivity index (χ0v) is 12.3. The molecule has 0 radical (unpaired) electrons. The number of fused-ring (bicyclic) bond motifs is 1. The predicted octanol–water partition coefficient (Wildman–Crippen LogP) is 0.735. The number of nitrogens with one attached hydrogen (secondary N) is 1. The standard InChI is InChI=1S/C16H23N3O2/c17-10-12-4-1-2-6-15(12)21-9-8-19-7-3-5-13-14(19)11-18-16(13)20/h1-2,4,6,13-14H,3,5,7-11,17H2,(H,18,20). The van der Waals surface area contributed by atoms with Crippen LogP contribution >= 0.6 is 0 Å². The van der Waals surface area contributed by atoms with Gasteiger partial charge in [0.1, 0.15) is 12.4 Å². The fraction of sp³-hybridized carbons (Fsp3) is 0.562. The molecule has 2 aliphatic heterocycles. The van der Waals surface area contributed by atoms with Crippen LogP contribution in [0.3, 0.4) is 0 Å². The Bertz CT molecular complexity index is 506. The van der Waals surface area contributed by atoms with E-state index in [1.165, 1.54) is 0 Å². The molecule has 0 spiro atoms. The Labute approximate surface area is 125 Å². The lowest BCUT2D eigenvalue weighted by molar-refractivity contribution is -0.124. The van der Waals surface area contributed by atoms with Gasteiger partial charge in [0, 0.05) is 31.2 Å². The van der Waals surface area contributed by atoms with Gasteiger partial charge in [-0.3, -0.25) is 9.69 Å². The van der Waals surface area contributed by atoms with Crippen LogP contribution in [0, 0.1) is 5.92 Å². The summed E-state index contributed by atoms with van der Waals surface area (Å²) in [6, 6.07) is 8.23. The van der Waals surface area contributed by atoms with Crippen molar-refractivity contribution in [2.45, 2.75) is 25.4 Å². The maximum atomic E-state index is 11.7. The average Bonchev–Trinajstić information content (AvgIpc) is 2.90. The van der Waals surface area contributed by atoms with Crippen molar-refractivity contribution in [1.29, 1.82) is 0 Å². The molecule has 3 rings (SSSR count). The summed E-state index contributed by atoms with van der Waals surface area (Å²) < 4.78 is 5.88. The van der Waals surface area contributed by atoms with Crippen LogP contribution in [0.4, 0.5) is 0 Å². The van der Waals surface area contributed by atoms with Gasteiger partial charge >= 0.3 is 0 Å². The van der Waals surface area contributed by atoms with Gasteiger partial charge in [-0.2, -0.15) is 0 Å². The van der Waals surface area contributed by atoms with Crippen LogP contribution < -0.4 is 15.8 Å². The summed E-state index contributed by atoms with van der Waals surface area (Å²) in [5.41, 5.74) is 6.75. The molecule has 1 aromatic carbocycles. The summed E-state index contributed by atoms with van der Waals surface area (Å²) in [6.07, 6.45) is 2.11. The molecule has 1 amide bonds. The fourth-order valence-electron chi connectivity index (χ4n) is 3.40. The molecule has 114 valence electrons. The molecular weight excluding hydrogens is 266 g/mol. The van der Waals surface area contributed by atoms with Gasteiger partial charge in [0.2, 0.25) is 5.91 Å². The van der Waals surface area contributed by atoms with Gasteiger partial charge in [-0.15, -0.1) is 0 Å². The molecule has 3 N–H and O–H groups in total. The number of amides is 1. The van der Waals surface area contributed by atoms with E-state index in [1.54, 1.807) is 0 Å². The lowest BCUT2D eigenvalue weighted by Gasteiger charge is -2.35. The Hall–Kier alpha value is -1.59. The maximum Gasteiger partial charge on any atom is 0.224 e. The monoisotopic (exact) mass is 289 g/mol. The number of nitrogens with two attached hydrogens (primary N) is 1. The van der Waals surface area contributed by atoms with Gasteiger partial charge in [-0.1, -0.05) is 18.2 Å². The Kier molecular flexibility index (Phi) is 4.41. The van der Waals surface area contributed by atoms with Crippen LogP contribution in [0.15, 0.2) is 24.3 Å². The molecule has 0 aliphatic carbocycles. The van der Waals surface area contributed by atoms with Crippen LogP contribution in [0.2, 0.25) is 0 Å². The minimum Gasteiger partial charge on any atom is -0.492 e. The topological polar surface area (TPSA) is 67.6 Å². The smallest absolute Gasteiger partial charge is 0.224 e. The lowest BCUT2D eigenvalue weighted by Crippen LogP contribution is -2.47. The maximum absolute atomic E-state index is 11.7. The highest BCUT2D eigenvalue weighted by molar-refractivity contribution is 5.82. The summed E-state index contributed by atoms with van der Waals surface area (Å²) in [5, 5.41) is 2.98. The third kappa shape index (κ3) is 3.04. The van der Waals surface area contributed by atoms with Crippen molar-refractivity contribution in [2.24, 2.45) is 11.7 Å². The average molecular weight is 289 g/mol. The predicted molar refractivity (Wildman–Crippen MR) is 80.9 cm³/mol. The van der Waals surface area contributed by atoms with Gasteiger partial charge in [0.25, 0.3) is 0 Å². The summed E-state index contributed by atoms with van der Waals surface area (Å²) in [6.45, 7) is 3.81. The Morgan fingerprint density at radius 2 is 2.24 bits per heavy atom. The van der Waals surface area contributed by atoms with Gasteiger partial charge in [0.05, 0.1) is 5.92 Å². The highest BCUT2D eigenvalue weighted by atomic mass is 16.5. The molecule has 2 unspecified atom stereocenters.